The number of aromatic nitrogens is 1. The standard InChI is InChI=1S/C20H18ClN3O3/c1-27-18-7-6-13(8-16(18)21)23-19(25)12-10-24(11-12)20(26)15-9-22-17-5-3-2-4-14(15)17/h2-9,12,22H,10-11H2,1H3,(H,23,25). The predicted molar refractivity (Wildman–Crippen MR) is 104 cm³/mol. The highest BCUT2D eigenvalue weighted by molar-refractivity contribution is 6.32. The number of aromatic amines is 1. The molecule has 1 aliphatic heterocycles. The third kappa shape index (κ3) is 3.24. The van der Waals surface area contributed by atoms with Gasteiger partial charge in [0.25, 0.3) is 5.91 Å². The number of hydrogen-bond acceptors (Lipinski definition) is 3. The molecule has 6 nitrogen and oxygen atoms in total. The van der Waals surface area contributed by atoms with Crippen LogP contribution in [0.1, 0.15) is 10.4 Å². The number of carbonyl (C=O) groups excluding carboxylic acids is 2. The van der Waals surface area contributed by atoms with E-state index in [-0.39, 0.29) is 17.7 Å². The van der Waals surface area contributed by atoms with Crippen molar-refractivity contribution in [2.45, 2.75) is 0 Å². The van der Waals surface area contributed by atoms with Crippen LogP contribution in [0.15, 0.2) is 48.7 Å². The van der Waals surface area contributed by atoms with Crippen LogP contribution in [0.4, 0.5) is 5.69 Å². The van der Waals surface area contributed by atoms with E-state index < -0.39 is 0 Å². The Hall–Kier alpha value is -2.99. The van der Waals surface area contributed by atoms with Crippen LogP contribution in [0.2, 0.25) is 5.02 Å². The number of benzene rings is 2. The molecule has 27 heavy (non-hydrogen) atoms. The van der Waals surface area contributed by atoms with Gasteiger partial charge in [0, 0.05) is 35.9 Å². The van der Waals surface area contributed by atoms with Gasteiger partial charge < -0.3 is 19.9 Å². The maximum absolute atomic E-state index is 12.7. The molecule has 0 aliphatic carbocycles. The lowest BCUT2D eigenvalue weighted by atomic mass is 9.97. The zero-order valence-electron chi connectivity index (χ0n) is 14.7. The van der Waals surface area contributed by atoms with Gasteiger partial charge in [-0.15, -0.1) is 0 Å². The number of fused-ring (bicyclic) bond motifs is 1. The van der Waals surface area contributed by atoms with Crippen LogP contribution in [0.5, 0.6) is 5.75 Å². The van der Waals surface area contributed by atoms with Crippen molar-refractivity contribution in [1.82, 2.24) is 9.88 Å². The number of carbonyl (C=O) groups is 2. The highest BCUT2D eigenvalue weighted by atomic mass is 35.5. The van der Waals surface area contributed by atoms with Crippen LogP contribution in [-0.2, 0) is 4.79 Å². The Bertz CT molecular complexity index is 1020. The summed E-state index contributed by atoms with van der Waals surface area (Å²) in [5.74, 6) is 0.122. The summed E-state index contributed by atoms with van der Waals surface area (Å²) in [5.41, 5.74) is 2.16. The molecule has 0 radical (unpaired) electrons. The van der Waals surface area contributed by atoms with E-state index in [0.717, 1.165) is 10.9 Å². The molecule has 2 amide bonds. The van der Waals surface area contributed by atoms with Gasteiger partial charge in [0.1, 0.15) is 5.75 Å². The summed E-state index contributed by atoms with van der Waals surface area (Å²) in [6, 6.07) is 12.7. The third-order valence-corrected chi connectivity index (χ3v) is 5.07. The van der Waals surface area contributed by atoms with E-state index in [1.165, 1.54) is 7.11 Å². The lowest BCUT2D eigenvalue weighted by Crippen LogP contribution is -2.54. The number of halogens is 1. The molecule has 1 saturated heterocycles. The first kappa shape index (κ1) is 17.4. The van der Waals surface area contributed by atoms with E-state index in [2.05, 4.69) is 10.3 Å². The second kappa shape index (κ2) is 6.96. The van der Waals surface area contributed by atoms with Gasteiger partial charge in [-0.25, -0.2) is 0 Å². The summed E-state index contributed by atoms with van der Waals surface area (Å²) < 4.78 is 5.10. The Labute approximate surface area is 161 Å². The number of nitrogens with one attached hydrogen (secondary N) is 2. The van der Waals surface area contributed by atoms with Gasteiger partial charge in [0.2, 0.25) is 5.91 Å². The minimum atomic E-state index is -0.236. The molecule has 0 bridgehead atoms. The second-order valence-corrected chi connectivity index (χ2v) is 6.90. The first-order valence-electron chi connectivity index (χ1n) is 8.56. The molecule has 1 fully saturated rings. The molecular weight excluding hydrogens is 366 g/mol. The van der Waals surface area contributed by atoms with Crippen LogP contribution < -0.4 is 10.1 Å². The third-order valence-electron chi connectivity index (χ3n) is 4.78. The molecule has 7 heteroatoms. The zero-order chi connectivity index (χ0) is 19.0. The van der Waals surface area contributed by atoms with Crippen molar-refractivity contribution in [2.24, 2.45) is 5.92 Å². The van der Waals surface area contributed by atoms with E-state index in [4.69, 9.17) is 16.3 Å². The fourth-order valence-corrected chi connectivity index (χ4v) is 3.48. The lowest BCUT2D eigenvalue weighted by Gasteiger charge is -2.38. The molecule has 0 atom stereocenters. The maximum atomic E-state index is 12.7. The molecule has 1 aliphatic rings. The van der Waals surface area contributed by atoms with Crippen molar-refractivity contribution in [3.63, 3.8) is 0 Å². The Morgan fingerprint density at radius 3 is 2.74 bits per heavy atom. The second-order valence-electron chi connectivity index (χ2n) is 6.49. The molecule has 2 aromatic carbocycles. The number of nitrogens with zero attached hydrogens (tertiary/aromatic N) is 1. The van der Waals surface area contributed by atoms with Gasteiger partial charge >= 0.3 is 0 Å². The van der Waals surface area contributed by atoms with Gasteiger partial charge in [-0.1, -0.05) is 29.8 Å². The van der Waals surface area contributed by atoms with Crippen LogP contribution in [0, 0.1) is 5.92 Å². The molecule has 2 heterocycles. The van der Waals surface area contributed by atoms with Crippen molar-refractivity contribution in [3.8, 4) is 5.75 Å². The normalized spacial score (nSPS) is 14.1. The predicted octanol–water partition coefficient (Wildman–Crippen LogP) is 3.54. The Morgan fingerprint density at radius 2 is 2.00 bits per heavy atom. The van der Waals surface area contributed by atoms with Crippen LogP contribution in [0.25, 0.3) is 10.9 Å². The van der Waals surface area contributed by atoms with Crippen molar-refractivity contribution in [2.75, 3.05) is 25.5 Å². The molecule has 0 spiro atoms. The molecular formula is C20H18ClN3O3. The quantitative estimate of drug-likeness (QED) is 0.723. The molecule has 4 rings (SSSR count). The zero-order valence-corrected chi connectivity index (χ0v) is 15.4. The van der Waals surface area contributed by atoms with E-state index >= 15 is 0 Å². The fourth-order valence-electron chi connectivity index (χ4n) is 3.22. The first-order chi connectivity index (χ1) is 13.1. The van der Waals surface area contributed by atoms with Gasteiger partial charge in [-0.3, -0.25) is 9.59 Å². The minimum absolute atomic E-state index is 0.0657. The van der Waals surface area contributed by atoms with Crippen molar-refractivity contribution < 1.29 is 14.3 Å². The first-order valence-corrected chi connectivity index (χ1v) is 8.94. The molecule has 0 unspecified atom stereocenters. The van der Waals surface area contributed by atoms with Gasteiger partial charge in [0.15, 0.2) is 0 Å². The number of hydrogen-bond donors (Lipinski definition) is 2. The molecule has 2 N–H and O–H groups in total. The SMILES string of the molecule is COc1ccc(NC(=O)C2CN(C(=O)c3c[nH]c4ccccc34)C2)cc1Cl. The van der Waals surface area contributed by atoms with Crippen molar-refractivity contribution in [3.05, 3.63) is 59.2 Å². The number of para-hydroxylation sites is 1. The number of methoxy groups -OCH3 is 1. The summed E-state index contributed by atoms with van der Waals surface area (Å²) >= 11 is 6.08. The van der Waals surface area contributed by atoms with Crippen LogP contribution in [0.3, 0.4) is 0 Å². The lowest BCUT2D eigenvalue weighted by molar-refractivity contribution is -0.123. The summed E-state index contributed by atoms with van der Waals surface area (Å²) in [5, 5.41) is 4.16. The smallest absolute Gasteiger partial charge is 0.256 e. The van der Waals surface area contributed by atoms with Gasteiger partial charge in [-0.05, 0) is 24.3 Å². The molecule has 3 aromatic rings. The van der Waals surface area contributed by atoms with Gasteiger partial charge in [0.05, 0.1) is 23.6 Å². The van der Waals surface area contributed by atoms with E-state index in [1.54, 1.807) is 29.3 Å². The average Bonchev–Trinajstić information content (AvgIpc) is 3.04. The Kier molecular flexibility index (Phi) is 4.49. The van der Waals surface area contributed by atoms with E-state index in [0.29, 0.717) is 35.1 Å². The highest BCUT2D eigenvalue weighted by Gasteiger charge is 2.36. The van der Waals surface area contributed by atoms with Crippen molar-refractivity contribution in [1.29, 1.82) is 0 Å². The number of anilines is 1. The molecule has 1 aromatic heterocycles. The van der Waals surface area contributed by atoms with E-state index in [1.807, 2.05) is 24.3 Å². The number of likely N-dealkylation sites (tertiary alicyclic amines) is 1. The van der Waals surface area contributed by atoms with Crippen LogP contribution >= 0.6 is 11.6 Å². The number of H-pyrrole nitrogens is 1. The minimum Gasteiger partial charge on any atom is -0.495 e. The average molecular weight is 384 g/mol. The summed E-state index contributed by atoms with van der Waals surface area (Å²) in [7, 11) is 1.53. The maximum Gasteiger partial charge on any atom is 0.256 e. The van der Waals surface area contributed by atoms with Crippen molar-refractivity contribution >= 4 is 40.0 Å². The largest absolute Gasteiger partial charge is 0.495 e. The topological polar surface area (TPSA) is 74.4 Å². The summed E-state index contributed by atoms with van der Waals surface area (Å²) in [6.45, 7) is 0.794. The summed E-state index contributed by atoms with van der Waals surface area (Å²) in [6.07, 6.45) is 1.72. The molecule has 0 saturated carbocycles. The Morgan fingerprint density at radius 1 is 1.22 bits per heavy atom. The number of rotatable bonds is 4. The number of ether oxygens (including phenoxy) is 1. The number of amides is 2. The molecule has 138 valence electrons. The van der Waals surface area contributed by atoms with Crippen LogP contribution in [-0.4, -0.2) is 41.9 Å². The monoisotopic (exact) mass is 383 g/mol. The van der Waals surface area contributed by atoms with E-state index in [9.17, 15) is 9.59 Å². The summed E-state index contributed by atoms with van der Waals surface area (Å²) in [4.78, 5) is 29.9. The Balaban J connectivity index is 1.38. The van der Waals surface area contributed by atoms with Gasteiger partial charge in [-0.2, -0.15) is 0 Å². The fraction of sp³-hybridized carbons (Fsp3) is 0.200. The highest BCUT2D eigenvalue weighted by Crippen LogP contribution is 2.28.